The van der Waals surface area contributed by atoms with E-state index in [0.717, 1.165) is 49.9 Å². The molecule has 49 heavy (non-hydrogen) atoms. The number of aliphatic carboxylic acids is 1. The topological polar surface area (TPSA) is 73.2 Å². The predicted octanol–water partition coefficient (Wildman–Crippen LogP) is 9.92. The molecule has 0 radical (unpaired) electrons. The Hall–Kier alpha value is -6.79. The van der Waals surface area contributed by atoms with Gasteiger partial charge in [0.1, 0.15) is 0 Å². The van der Waals surface area contributed by atoms with E-state index in [1.54, 1.807) is 30.3 Å². The van der Waals surface area contributed by atoms with Crippen LogP contribution < -0.4 is 9.91 Å². The van der Waals surface area contributed by atoms with E-state index in [9.17, 15) is 14.7 Å². The van der Waals surface area contributed by atoms with Gasteiger partial charge in [-0.25, -0.2) is 4.79 Å². The summed E-state index contributed by atoms with van der Waals surface area (Å²) in [6.07, 6.45) is 5.01. The lowest BCUT2D eigenvalue weighted by Crippen LogP contribution is -2.22. The van der Waals surface area contributed by atoms with Gasteiger partial charge in [-0.2, -0.15) is 10.1 Å². The van der Waals surface area contributed by atoms with Crippen LogP contribution in [0.2, 0.25) is 0 Å². The van der Waals surface area contributed by atoms with Crippen molar-refractivity contribution in [1.82, 2.24) is 0 Å². The molecule has 6 aromatic rings. The summed E-state index contributed by atoms with van der Waals surface area (Å²) in [7, 11) is 0. The quantitative estimate of drug-likeness (QED) is 0.160. The van der Waals surface area contributed by atoms with E-state index >= 15 is 0 Å². The molecule has 0 unspecified atom stereocenters. The number of hydrogen-bond acceptors (Lipinski definition) is 4. The van der Waals surface area contributed by atoms with E-state index in [0.29, 0.717) is 5.69 Å². The van der Waals surface area contributed by atoms with Crippen molar-refractivity contribution in [3.63, 3.8) is 0 Å². The number of para-hydroxylation sites is 1. The molecular formula is C43H31N3O3. The molecule has 1 N–H and O–H groups in total. The number of allylic oxidation sites excluding steroid dienone is 2. The maximum absolute atomic E-state index is 13.1. The molecule has 0 aliphatic carbocycles. The minimum absolute atomic E-state index is 0.0216. The van der Waals surface area contributed by atoms with Gasteiger partial charge in [0.2, 0.25) is 0 Å². The lowest BCUT2D eigenvalue weighted by atomic mass is 10.0. The van der Waals surface area contributed by atoms with Gasteiger partial charge in [-0.15, -0.1) is 0 Å². The molecule has 0 atom stereocenters. The van der Waals surface area contributed by atoms with Gasteiger partial charge in [0.25, 0.3) is 5.91 Å². The minimum Gasteiger partial charge on any atom is -0.476 e. The molecule has 1 aliphatic heterocycles. The second-order valence-electron chi connectivity index (χ2n) is 11.4. The molecular weight excluding hydrogens is 606 g/mol. The van der Waals surface area contributed by atoms with Crippen LogP contribution >= 0.6 is 0 Å². The first-order valence-electron chi connectivity index (χ1n) is 15.9. The largest absolute Gasteiger partial charge is 0.476 e. The molecule has 0 bridgehead atoms. The minimum atomic E-state index is -1.26. The number of carboxylic acid groups (broad SMARTS) is 1. The maximum Gasteiger partial charge on any atom is 0.357 e. The fourth-order valence-electron chi connectivity index (χ4n) is 5.77. The Labute approximate surface area is 284 Å². The molecule has 1 heterocycles. The maximum atomic E-state index is 13.1. The van der Waals surface area contributed by atoms with Gasteiger partial charge in [0.15, 0.2) is 5.71 Å². The molecule has 236 valence electrons. The second kappa shape index (κ2) is 13.9. The third-order valence-corrected chi connectivity index (χ3v) is 8.25. The summed E-state index contributed by atoms with van der Waals surface area (Å²) in [5.74, 6) is -1.75. The lowest BCUT2D eigenvalue weighted by Gasteiger charge is -2.26. The zero-order valence-corrected chi connectivity index (χ0v) is 26.4. The fraction of sp³-hybridized carbons (Fsp3) is 0. The van der Waals surface area contributed by atoms with Gasteiger partial charge in [0, 0.05) is 17.1 Å². The number of hydrogen-bond donors (Lipinski definition) is 1. The molecule has 0 saturated carbocycles. The molecule has 1 aliphatic rings. The zero-order chi connectivity index (χ0) is 33.6. The average Bonchev–Trinajstić information content (AvgIpc) is 3.50. The van der Waals surface area contributed by atoms with Crippen LogP contribution in [0, 0.1) is 0 Å². The number of hydrazone groups is 1. The number of carbonyl (C=O) groups is 2. The first-order chi connectivity index (χ1) is 24.0. The molecule has 0 saturated heterocycles. The summed E-state index contributed by atoms with van der Waals surface area (Å²) in [6.45, 7) is 0. The molecule has 6 nitrogen and oxygen atoms in total. The van der Waals surface area contributed by atoms with E-state index in [-0.39, 0.29) is 11.3 Å². The third-order valence-electron chi connectivity index (χ3n) is 8.25. The molecule has 0 spiro atoms. The Morgan fingerprint density at radius 2 is 1.00 bits per heavy atom. The van der Waals surface area contributed by atoms with Crippen molar-refractivity contribution in [2.24, 2.45) is 5.10 Å². The Morgan fingerprint density at radius 1 is 0.571 bits per heavy atom. The van der Waals surface area contributed by atoms with E-state index in [4.69, 9.17) is 0 Å². The van der Waals surface area contributed by atoms with Crippen molar-refractivity contribution < 1.29 is 14.7 Å². The number of nitrogens with zero attached hydrogens (tertiary/aromatic N) is 3. The highest BCUT2D eigenvalue weighted by Crippen LogP contribution is 2.37. The first-order valence-corrected chi connectivity index (χ1v) is 15.9. The van der Waals surface area contributed by atoms with Gasteiger partial charge >= 0.3 is 5.97 Å². The Balaban J connectivity index is 1.17. The number of amides is 1. The van der Waals surface area contributed by atoms with E-state index in [1.165, 1.54) is 6.08 Å². The van der Waals surface area contributed by atoms with Crippen LogP contribution in [-0.4, -0.2) is 22.7 Å². The monoisotopic (exact) mass is 637 g/mol. The number of benzene rings is 6. The highest BCUT2D eigenvalue weighted by molar-refractivity contribution is 6.52. The number of carbonyl (C=O) groups excluding carboxylic acids is 1. The Morgan fingerprint density at radius 3 is 1.47 bits per heavy atom. The average molecular weight is 638 g/mol. The summed E-state index contributed by atoms with van der Waals surface area (Å²) in [5, 5.41) is 14.9. The van der Waals surface area contributed by atoms with Gasteiger partial charge in [-0.1, -0.05) is 127 Å². The van der Waals surface area contributed by atoms with Crippen molar-refractivity contribution in [3.05, 3.63) is 187 Å². The molecule has 0 aromatic heterocycles. The summed E-state index contributed by atoms with van der Waals surface area (Å²) in [4.78, 5) is 27.2. The third kappa shape index (κ3) is 6.70. The number of anilines is 4. The van der Waals surface area contributed by atoms with E-state index < -0.39 is 11.9 Å². The van der Waals surface area contributed by atoms with Crippen LogP contribution in [-0.2, 0) is 9.59 Å². The summed E-state index contributed by atoms with van der Waals surface area (Å²) < 4.78 is 0. The normalized spacial score (nSPS) is 13.6. The van der Waals surface area contributed by atoms with Crippen LogP contribution in [0.4, 0.5) is 22.7 Å². The summed E-state index contributed by atoms with van der Waals surface area (Å²) >= 11 is 0. The van der Waals surface area contributed by atoms with Crippen LogP contribution in [0.15, 0.2) is 187 Å². The molecule has 6 aromatic carbocycles. The van der Waals surface area contributed by atoms with Crippen molar-refractivity contribution in [2.45, 2.75) is 0 Å². The molecule has 1 amide bonds. The van der Waals surface area contributed by atoms with E-state index in [1.807, 2.05) is 72.8 Å². The predicted molar refractivity (Wildman–Crippen MR) is 198 cm³/mol. The lowest BCUT2D eigenvalue weighted by molar-refractivity contribution is -0.129. The molecule has 7 rings (SSSR count). The Kier molecular flexibility index (Phi) is 8.76. The zero-order valence-electron chi connectivity index (χ0n) is 26.4. The number of rotatable bonds is 9. The van der Waals surface area contributed by atoms with Crippen molar-refractivity contribution in [1.29, 1.82) is 0 Å². The SMILES string of the molecule is O=C(O)C1=NN(c2ccccc2)C(=O)C1=CC=Cc1ccc(N(c2ccc(-c3ccccc3)cc2)c2ccc(-c3ccccc3)cc2)cc1. The first kappa shape index (κ1) is 30.8. The smallest absolute Gasteiger partial charge is 0.357 e. The highest BCUT2D eigenvalue weighted by atomic mass is 16.4. The fourth-order valence-corrected chi connectivity index (χ4v) is 5.77. The highest BCUT2D eigenvalue weighted by Gasteiger charge is 2.34. The van der Waals surface area contributed by atoms with Crippen LogP contribution in [0.3, 0.4) is 0 Å². The summed E-state index contributed by atoms with van der Waals surface area (Å²) in [5.41, 5.74) is 8.73. The standard InChI is InChI=1S/C43H31N3O3/c47-42-40(41(43(48)49)44-46(42)39-16-8-3-9-17-39)18-10-11-31-19-25-36(26-20-31)45(37-27-21-34(22-28-37)32-12-4-1-5-13-32)38-29-23-35(24-30-38)33-14-6-2-7-15-33/h1-30H,(H,48,49). The summed E-state index contributed by atoms with van der Waals surface area (Å²) in [6, 6.07) is 54.5. The van der Waals surface area contributed by atoms with Crippen LogP contribution in [0.1, 0.15) is 5.56 Å². The molecule has 6 heteroatoms. The van der Waals surface area contributed by atoms with Gasteiger partial charge in [-0.3, -0.25) is 4.79 Å². The van der Waals surface area contributed by atoms with Gasteiger partial charge in [0.05, 0.1) is 11.3 Å². The second-order valence-corrected chi connectivity index (χ2v) is 11.4. The van der Waals surface area contributed by atoms with Crippen LogP contribution in [0.5, 0.6) is 0 Å². The van der Waals surface area contributed by atoms with Crippen molar-refractivity contribution in [2.75, 3.05) is 9.91 Å². The van der Waals surface area contributed by atoms with Crippen molar-refractivity contribution in [3.8, 4) is 22.3 Å². The van der Waals surface area contributed by atoms with Gasteiger partial charge < -0.3 is 10.0 Å². The van der Waals surface area contributed by atoms with E-state index in [2.05, 4.69) is 82.8 Å². The van der Waals surface area contributed by atoms with Gasteiger partial charge in [-0.05, 0) is 82.4 Å². The Bertz CT molecular complexity index is 2090. The molecule has 0 fully saturated rings. The number of carboxylic acids is 1. The van der Waals surface area contributed by atoms with Crippen molar-refractivity contribution >= 4 is 46.4 Å². The van der Waals surface area contributed by atoms with Crippen LogP contribution in [0.25, 0.3) is 28.3 Å².